The van der Waals surface area contributed by atoms with E-state index in [2.05, 4.69) is 21.2 Å². The number of halogens is 3. The Kier molecular flexibility index (Phi) is 12.3. The molecule has 0 bridgehead atoms. The number of hydrogen-bond acceptors (Lipinski definition) is 4. The number of carbonyl (C=O) groups is 2. The van der Waals surface area contributed by atoms with Gasteiger partial charge in [0.1, 0.15) is 12.6 Å². The lowest BCUT2D eigenvalue weighted by Gasteiger charge is -2.34. The van der Waals surface area contributed by atoms with Gasteiger partial charge in [-0.25, -0.2) is 8.42 Å². The Labute approximate surface area is 289 Å². The second-order valence-electron chi connectivity index (χ2n) is 11.1. The molecule has 4 rings (SSSR count). The smallest absolute Gasteiger partial charge is 0.264 e. The van der Waals surface area contributed by atoms with Crippen molar-refractivity contribution in [1.29, 1.82) is 0 Å². The summed E-state index contributed by atoms with van der Waals surface area (Å²) in [4.78, 5) is 30.0. The highest BCUT2D eigenvalue weighted by molar-refractivity contribution is 9.10. The van der Waals surface area contributed by atoms with Gasteiger partial charge in [0.15, 0.2) is 0 Å². The van der Waals surface area contributed by atoms with E-state index in [1.165, 1.54) is 17.0 Å². The molecule has 0 aromatic heterocycles. The van der Waals surface area contributed by atoms with Crippen molar-refractivity contribution in [3.63, 3.8) is 0 Å². The fourth-order valence-corrected chi connectivity index (χ4v) is 6.94. The highest BCUT2D eigenvalue weighted by Gasteiger charge is 2.35. The van der Waals surface area contributed by atoms with E-state index < -0.39 is 28.5 Å². The number of rotatable bonds is 13. The van der Waals surface area contributed by atoms with Crippen LogP contribution in [0.5, 0.6) is 0 Å². The number of hydrogen-bond donors (Lipinski definition) is 1. The Bertz CT molecular complexity index is 1770. The number of aryl methyl sites for hydroxylation is 1. The molecular weight excluding hydrogens is 709 g/mol. The molecule has 0 saturated carbocycles. The van der Waals surface area contributed by atoms with Gasteiger partial charge in [-0.1, -0.05) is 106 Å². The molecule has 2 atom stereocenters. The van der Waals surface area contributed by atoms with Gasteiger partial charge in [0.05, 0.1) is 20.6 Å². The molecule has 2 amide bonds. The summed E-state index contributed by atoms with van der Waals surface area (Å²) in [6.07, 6.45) is 0.897. The van der Waals surface area contributed by atoms with Gasteiger partial charge in [0, 0.05) is 23.5 Å². The van der Waals surface area contributed by atoms with Crippen LogP contribution in [-0.2, 0) is 32.6 Å². The maximum absolute atomic E-state index is 14.6. The number of amides is 2. The molecule has 0 unspecified atom stereocenters. The van der Waals surface area contributed by atoms with Gasteiger partial charge in [-0.15, -0.1) is 0 Å². The maximum atomic E-state index is 14.6. The summed E-state index contributed by atoms with van der Waals surface area (Å²) in [6, 6.07) is 26.5. The summed E-state index contributed by atoms with van der Waals surface area (Å²) < 4.78 is 30.0. The van der Waals surface area contributed by atoms with E-state index in [-0.39, 0.29) is 29.8 Å². The number of nitrogens with zero attached hydrogens (tertiary/aromatic N) is 2. The molecule has 4 aromatic carbocycles. The Balaban J connectivity index is 1.82. The molecule has 0 spiro atoms. The van der Waals surface area contributed by atoms with E-state index >= 15 is 0 Å². The summed E-state index contributed by atoms with van der Waals surface area (Å²) in [6.45, 7) is 5.14. The fraction of sp³-hybridized carbons (Fsp3) is 0.257. The molecule has 242 valence electrons. The standard InChI is InChI=1S/C35H36BrCl2N3O4S/c1-4-25(3)39-35(43)33(20-26-9-6-5-7-10-26)40(22-27-15-18-31(37)32(38)19-27)34(42)23-41(29-12-8-11-28(36)21-29)46(44,45)30-16-13-24(2)14-17-30/h5-19,21,25,33H,4,20,22-23H2,1-3H3,(H,39,43)/t25-,33-/m0/s1. The van der Waals surface area contributed by atoms with Crippen LogP contribution in [0.4, 0.5) is 5.69 Å². The Morgan fingerprint density at radius 3 is 2.20 bits per heavy atom. The average molecular weight is 746 g/mol. The van der Waals surface area contributed by atoms with E-state index in [0.717, 1.165) is 15.4 Å². The number of anilines is 1. The zero-order valence-electron chi connectivity index (χ0n) is 25.8. The molecule has 11 heteroatoms. The van der Waals surface area contributed by atoms with E-state index in [1.807, 2.05) is 51.1 Å². The van der Waals surface area contributed by atoms with E-state index in [4.69, 9.17) is 23.2 Å². The maximum Gasteiger partial charge on any atom is 0.264 e. The average Bonchev–Trinajstić information content (AvgIpc) is 3.03. The van der Waals surface area contributed by atoms with Gasteiger partial charge >= 0.3 is 0 Å². The third-order valence-electron chi connectivity index (χ3n) is 7.59. The Morgan fingerprint density at radius 1 is 0.870 bits per heavy atom. The molecule has 0 aliphatic carbocycles. The van der Waals surface area contributed by atoms with Crippen LogP contribution in [0.15, 0.2) is 106 Å². The predicted octanol–water partition coefficient (Wildman–Crippen LogP) is 7.81. The number of carbonyl (C=O) groups excluding carboxylic acids is 2. The second-order valence-corrected chi connectivity index (χ2v) is 14.7. The van der Waals surface area contributed by atoms with Crippen LogP contribution in [-0.4, -0.2) is 43.8 Å². The number of sulfonamides is 1. The molecule has 46 heavy (non-hydrogen) atoms. The van der Waals surface area contributed by atoms with Crippen LogP contribution in [0.3, 0.4) is 0 Å². The third kappa shape index (κ3) is 9.12. The molecular formula is C35H36BrCl2N3O4S. The van der Waals surface area contributed by atoms with Crippen molar-refractivity contribution in [3.05, 3.63) is 128 Å². The third-order valence-corrected chi connectivity index (χ3v) is 10.6. The van der Waals surface area contributed by atoms with Crippen molar-refractivity contribution < 1.29 is 18.0 Å². The van der Waals surface area contributed by atoms with Gasteiger partial charge in [0.25, 0.3) is 10.0 Å². The SMILES string of the molecule is CC[C@H](C)NC(=O)[C@H](Cc1ccccc1)N(Cc1ccc(Cl)c(Cl)c1)C(=O)CN(c1cccc(Br)c1)S(=O)(=O)c1ccc(C)cc1. The summed E-state index contributed by atoms with van der Waals surface area (Å²) >= 11 is 16.0. The lowest BCUT2D eigenvalue weighted by molar-refractivity contribution is -0.140. The quantitative estimate of drug-likeness (QED) is 0.151. The minimum Gasteiger partial charge on any atom is -0.352 e. The Morgan fingerprint density at radius 2 is 1.57 bits per heavy atom. The van der Waals surface area contributed by atoms with Crippen molar-refractivity contribution >= 4 is 66.7 Å². The molecule has 0 heterocycles. The number of nitrogens with one attached hydrogen (secondary N) is 1. The van der Waals surface area contributed by atoms with Crippen molar-refractivity contribution in [1.82, 2.24) is 10.2 Å². The van der Waals surface area contributed by atoms with Crippen LogP contribution in [0, 0.1) is 6.92 Å². The zero-order valence-corrected chi connectivity index (χ0v) is 29.7. The van der Waals surface area contributed by atoms with Crippen LogP contribution in [0.2, 0.25) is 10.0 Å². The van der Waals surface area contributed by atoms with Crippen molar-refractivity contribution in [2.24, 2.45) is 0 Å². The van der Waals surface area contributed by atoms with Gasteiger partial charge in [-0.05, 0) is 73.9 Å². The van der Waals surface area contributed by atoms with Crippen LogP contribution < -0.4 is 9.62 Å². The minimum atomic E-state index is -4.20. The highest BCUT2D eigenvalue weighted by Crippen LogP contribution is 2.28. The number of benzene rings is 4. The molecule has 0 fully saturated rings. The van der Waals surface area contributed by atoms with Crippen LogP contribution in [0.1, 0.15) is 37.0 Å². The summed E-state index contributed by atoms with van der Waals surface area (Å²) in [5.41, 5.74) is 2.66. The van der Waals surface area contributed by atoms with E-state index in [1.54, 1.807) is 54.6 Å². The largest absolute Gasteiger partial charge is 0.352 e. The molecule has 4 aromatic rings. The fourth-order valence-electron chi connectivity index (χ4n) is 4.83. The van der Waals surface area contributed by atoms with Gasteiger partial charge < -0.3 is 10.2 Å². The van der Waals surface area contributed by atoms with Gasteiger partial charge in [-0.2, -0.15) is 0 Å². The first kappa shape index (κ1) is 35.5. The molecule has 0 saturated heterocycles. The lowest BCUT2D eigenvalue weighted by Crippen LogP contribution is -2.54. The van der Waals surface area contributed by atoms with Crippen LogP contribution in [0.25, 0.3) is 0 Å². The minimum absolute atomic E-state index is 0.0158. The highest BCUT2D eigenvalue weighted by atomic mass is 79.9. The van der Waals surface area contributed by atoms with Gasteiger partial charge in [-0.3, -0.25) is 13.9 Å². The summed E-state index contributed by atoms with van der Waals surface area (Å²) in [5.74, 6) is -0.913. The first-order valence-electron chi connectivity index (χ1n) is 14.8. The Hall–Kier alpha value is -3.37. The molecule has 7 nitrogen and oxygen atoms in total. The zero-order chi connectivity index (χ0) is 33.4. The summed E-state index contributed by atoms with van der Waals surface area (Å²) in [5, 5.41) is 3.68. The second kappa shape index (κ2) is 16.0. The monoisotopic (exact) mass is 743 g/mol. The normalized spacial score (nSPS) is 12.7. The first-order valence-corrected chi connectivity index (χ1v) is 17.8. The van der Waals surface area contributed by atoms with Crippen molar-refractivity contribution in [2.45, 2.75) is 57.1 Å². The predicted molar refractivity (Wildman–Crippen MR) is 189 cm³/mol. The van der Waals surface area contributed by atoms with Gasteiger partial charge in [0.2, 0.25) is 11.8 Å². The lowest BCUT2D eigenvalue weighted by atomic mass is 10.0. The molecule has 0 aliphatic rings. The summed E-state index contributed by atoms with van der Waals surface area (Å²) in [7, 11) is -4.20. The molecule has 0 aliphatic heterocycles. The molecule has 0 radical (unpaired) electrons. The van der Waals surface area contributed by atoms with Crippen molar-refractivity contribution in [2.75, 3.05) is 10.8 Å². The van der Waals surface area contributed by atoms with Crippen LogP contribution >= 0.6 is 39.1 Å². The van der Waals surface area contributed by atoms with E-state index in [0.29, 0.717) is 32.2 Å². The molecule has 1 N–H and O–H groups in total. The van der Waals surface area contributed by atoms with E-state index in [9.17, 15) is 18.0 Å². The first-order chi connectivity index (χ1) is 21.9. The topological polar surface area (TPSA) is 86.8 Å². The van der Waals surface area contributed by atoms with Crippen molar-refractivity contribution in [3.8, 4) is 0 Å².